The zero-order valence-electron chi connectivity index (χ0n) is 12.4. The Labute approximate surface area is 116 Å². The van der Waals surface area contributed by atoms with E-state index in [-0.39, 0.29) is 12.1 Å². The summed E-state index contributed by atoms with van der Waals surface area (Å²) in [6.45, 7) is 6.07. The van der Waals surface area contributed by atoms with Gasteiger partial charge < -0.3 is 20.1 Å². The molecule has 0 heterocycles. The highest BCUT2D eigenvalue weighted by molar-refractivity contribution is 5.28. The fourth-order valence-electron chi connectivity index (χ4n) is 1.66. The van der Waals surface area contributed by atoms with E-state index in [0.717, 1.165) is 12.3 Å². The molecule has 2 N–H and O–H groups in total. The maximum Gasteiger partial charge on any atom is 0.119 e. The first-order chi connectivity index (χ1) is 8.99. The molecule has 1 aromatic rings. The van der Waals surface area contributed by atoms with Crippen LogP contribution in [0.1, 0.15) is 25.5 Å². The van der Waals surface area contributed by atoms with Gasteiger partial charge in [-0.2, -0.15) is 0 Å². The van der Waals surface area contributed by atoms with E-state index in [4.69, 9.17) is 4.74 Å². The van der Waals surface area contributed by atoms with Crippen molar-refractivity contribution in [2.75, 3.05) is 33.8 Å². The summed E-state index contributed by atoms with van der Waals surface area (Å²) in [5.41, 5.74) is 1.20. The van der Waals surface area contributed by atoms with Gasteiger partial charge in [0.05, 0.1) is 6.10 Å². The lowest BCUT2D eigenvalue weighted by Crippen LogP contribution is -2.27. The highest BCUT2D eigenvalue weighted by Gasteiger charge is 2.06. The summed E-state index contributed by atoms with van der Waals surface area (Å²) in [7, 11) is 4.06. The van der Waals surface area contributed by atoms with Gasteiger partial charge in [-0.3, -0.25) is 0 Å². The molecule has 0 aliphatic rings. The standard InChI is InChI=1S/C15H26N2O2/c1-12(18)11-16-13(2)14-5-7-15(8-6-14)19-10-9-17(3)4/h5-8,12-13,16,18H,9-11H2,1-4H3. The molecule has 0 fully saturated rings. The predicted molar refractivity (Wildman–Crippen MR) is 78.6 cm³/mol. The minimum absolute atomic E-state index is 0.227. The number of nitrogens with zero attached hydrogens (tertiary/aromatic N) is 1. The Bertz CT molecular complexity index is 350. The molecule has 0 bridgehead atoms. The van der Waals surface area contributed by atoms with Crippen molar-refractivity contribution in [1.29, 1.82) is 0 Å². The van der Waals surface area contributed by atoms with Crippen molar-refractivity contribution in [1.82, 2.24) is 10.2 Å². The molecule has 4 nitrogen and oxygen atoms in total. The van der Waals surface area contributed by atoms with Crippen LogP contribution in [0.4, 0.5) is 0 Å². The zero-order valence-corrected chi connectivity index (χ0v) is 12.4. The first-order valence-electron chi connectivity index (χ1n) is 6.78. The SMILES string of the molecule is CC(O)CNC(C)c1ccc(OCCN(C)C)cc1. The summed E-state index contributed by atoms with van der Waals surface area (Å²) in [6, 6.07) is 8.33. The normalized spacial score (nSPS) is 14.4. The molecule has 0 aliphatic heterocycles. The third-order valence-electron chi connectivity index (χ3n) is 2.91. The maximum absolute atomic E-state index is 9.25. The van der Waals surface area contributed by atoms with Crippen molar-refractivity contribution in [3.63, 3.8) is 0 Å². The summed E-state index contributed by atoms with van der Waals surface area (Å²) in [5.74, 6) is 0.897. The lowest BCUT2D eigenvalue weighted by atomic mass is 10.1. The number of benzene rings is 1. The van der Waals surface area contributed by atoms with Crippen LogP contribution in [0.15, 0.2) is 24.3 Å². The Morgan fingerprint density at radius 3 is 2.37 bits per heavy atom. The van der Waals surface area contributed by atoms with E-state index in [0.29, 0.717) is 13.2 Å². The molecule has 2 atom stereocenters. The van der Waals surface area contributed by atoms with Crippen molar-refractivity contribution in [3.05, 3.63) is 29.8 Å². The summed E-state index contributed by atoms with van der Waals surface area (Å²) >= 11 is 0. The van der Waals surface area contributed by atoms with Gasteiger partial charge in [-0.15, -0.1) is 0 Å². The second kappa shape index (κ2) is 8.15. The number of rotatable bonds is 8. The van der Waals surface area contributed by atoms with Gasteiger partial charge in [0.1, 0.15) is 12.4 Å². The first kappa shape index (κ1) is 16.0. The predicted octanol–water partition coefficient (Wildman–Crippen LogP) is 1.66. The van der Waals surface area contributed by atoms with Crippen LogP contribution in [0, 0.1) is 0 Å². The smallest absolute Gasteiger partial charge is 0.119 e. The lowest BCUT2D eigenvalue weighted by Gasteiger charge is -2.16. The summed E-state index contributed by atoms with van der Waals surface area (Å²) in [4.78, 5) is 2.09. The molecule has 4 heteroatoms. The average molecular weight is 266 g/mol. The van der Waals surface area contributed by atoms with E-state index in [2.05, 4.69) is 29.3 Å². The van der Waals surface area contributed by atoms with Crippen LogP contribution in [0.5, 0.6) is 5.75 Å². The van der Waals surface area contributed by atoms with E-state index >= 15 is 0 Å². The number of likely N-dealkylation sites (N-methyl/N-ethyl adjacent to an activating group) is 1. The van der Waals surface area contributed by atoms with Gasteiger partial charge in [0.25, 0.3) is 0 Å². The van der Waals surface area contributed by atoms with Crippen LogP contribution < -0.4 is 10.1 Å². The Morgan fingerprint density at radius 1 is 1.21 bits per heavy atom. The van der Waals surface area contributed by atoms with Crippen molar-refractivity contribution >= 4 is 0 Å². The lowest BCUT2D eigenvalue weighted by molar-refractivity contribution is 0.187. The number of ether oxygens (including phenoxy) is 1. The molecule has 0 aromatic heterocycles. The van der Waals surface area contributed by atoms with E-state index in [1.54, 1.807) is 6.92 Å². The molecule has 0 saturated carbocycles. The number of nitrogens with one attached hydrogen (secondary N) is 1. The topological polar surface area (TPSA) is 44.7 Å². The highest BCUT2D eigenvalue weighted by atomic mass is 16.5. The van der Waals surface area contributed by atoms with Crippen molar-refractivity contribution in [2.24, 2.45) is 0 Å². The molecule has 0 radical (unpaired) electrons. The average Bonchev–Trinajstić information content (AvgIpc) is 2.36. The van der Waals surface area contributed by atoms with Gasteiger partial charge in [0, 0.05) is 19.1 Å². The summed E-state index contributed by atoms with van der Waals surface area (Å²) < 4.78 is 5.65. The highest BCUT2D eigenvalue weighted by Crippen LogP contribution is 2.17. The van der Waals surface area contributed by atoms with Gasteiger partial charge in [-0.25, -0.2) is 0 Å². The van der Waals surface area contributed by atoms with Crippen LogP contribution in [-0.4, -0.2) is 49.9 Å². The largest absolute Gasteiger partial charge is 0.492 e. The van der Waals surface area contributed by atoms with Crippen LogP contribution >= 0.6 is 0 Å². The minimum atomic E-state index is -0.323. The number of hydrogen-bond acceptors (Lipinski definition) is 4. The van der Waals surface area contributed by atoms with Gasteiger partial charge in [0.15, 0.2) is 0 Å². The second-order valence-corrected chi connectivity index (χ2v) is 5.20. The van der Waals surface area contributed by atoms with Crippen molar-refractivity contribution < 1.29 is 9.84 Å². The van der Waals surface area contributed by atoms with Crippen LogP contribution in [0.25, 0.3) is 0 Å². The van der Waals surface area contributed by atoms with E-state index in [1.165, 1.54) is 5.56 Å². The molecule has 0 aliphatic carbocycles. The molecular weight excluding hydrogens is 240 g/mol. The third kappa shape index (κ3) is 6.57. The molecule has 19 heavy (non-hydrogen) atoms. The first-order valence-corrected chi connectivity index (χ1v) is 6.78. The van der Waals surface area contributed by atoms with Crippen LogP contribution in [-0.2, 0) is 0 Å². The monoisotopic (exact) mass is 266 g/mol. The number of aliphatic hydroxyl groups excluding tert-OH is 1. The van der Waals surface area contributed by atoms with Gasteiger partial charge >= 0.3 is 0 Å². The summed E-state index contributed by atoms with van der Waals surface area (Å²) in [5, 5.41) is 12.5. The zero-order chi connectivity index (χ0) is 14.3. The molecule has 1 aromatic carbocycles. The molecular formula is C15H26N2O2. The van der Waals surface area contributed by atoms with Crippen LogP contribution in [0.3, 0.4) is 0 Å². The number of hydrogen-bond donors (Lipinski definition) is 2. The minimum Gasteiger partial charge on any atom is -0.492 e. The Hall–Kier alpha value is -1.10. The van der Waals surface area contributed by atoms with Crippen LogP contribution in [0.2, 0.25) is 0 Å². The molecule has 0 amide bonds. The fourth-order valence-corrected chi connectivity index (χ4v) is 1.66. The molecule has 2 unspecified atom stereocenters. The second-order valence-electron chi connectivity index (χ2n) is 5.20. The Morgan fingerprint density at radius 2 is 1.84 bits per heavy atom. The Kier molecular flexibility index (Phi) is 6.84. The van der Waals surface area contributed by atoms with Gasteiger partial charge in [0.2, 0.25) is 0 Å². The molecule has 0 saturated heterocycles. The Balaban J connectivity index is 2.42. The van der Waals surface area contributed by atoms with E-state index < -0.39 is 0 Å². The number of aliphatic hydroxyl groups is 1. The molecule has 1 rings (SSSR count). The third-order valence-corrected chi connectivity index (χ3v) is 2.91. The van der Waals surface area contributed by atoms with Crippen molar-refractivity contribution in [3.8, 4) is 5.75 Å². The van der Waals surface area contributed by atoms with E-state index in [9.17, 15) is 5.11 Å². The molecule has 108 valence electrons. The van der Waals surface area contributed by atoms with E-state index in [1.807, 2.05) is 26.2 Å². The molecule has 0 spiro atoms. The quantitative estimate of drug-likeness (QED) is 0.751. The summed E-state index contributed by atoms with van der Waals surface area (Å²) in [6.07, 6.45) is -0.323. The fraction of sp³-hybridized carbons (Fsp3) is 0.600. The van der Waals surface area contributed by atoms with Crippen molar-refractivity contribution in [2.45, 2.75) is 26.0 Å². The van der Waals surface area contributed by atoms with Gasteiger partial charge in [-0.05, 0) is 45.6 Å². The maximum atomic E-state index is 9.25. The van der Waals surface area contributed by atoms with Gasteiger partial charge in [-0.1, -0.05) is 12.1 Å².